The Bertz CT molecular complexity index is 974. The lowest BCUT2D eigenvalue weighted by Gasteiger charge is -2.44. The number of rotatable bonds is 10. The van der Waals surface area contributed by atoms with Crippen molar-refractivity contribution in [2.75, 3.05) is 20.8 Å². The van der Waals surface area contributed by atoms with E-state index in [0.717, 1.165) is 55.7 Å². The first-order chi connectivity index (χ1) is 16.5. The van der Waals surface area contributed by atoms with E-state index in [1.165, 1.54) is 5.56 Å². The minimum Gasteiger partial charge on any atom is -0.497 e. The lowest BCUT2D eigenvalue weighted by molar-refractivity contribution is -0.126. The molecule has 0 N–H and O–H groups in total. The highest BCUT2D eigenvalue weighted by molar-refractivity contribution is 5.92. The van der Waals surface area contributed by atoms with Crippen LogP contribution >= 0.6 is 0 Å². The van der Waals surface area contributed by atoms with Crippen molar-refractivity contribution in [3.05, 3.63) is 77.5 Å². The summed E-state index contributed by atoms with van der Waals surface area (Å²) in [4.78, 5) is 17.9. The van der Waals surface area contributed by atoms with Crippen LogP contribution in [-0.4, -0.2) is 54.2 Å². The number of hydrogen-bond acceptors (Lipinski definition) is 4. The maximum atomic E-state index is 13.4. The molecular formula is C29H38N2O3. The van der Waals surface area contributed by atoms with Crippen molar-refractivity contribution >= 4 is 5.91 Å². The van der Waals surface area contributed by atoms with E-state index >= 15 is 0 Å². The summed E-state index contributed by atoms with van der Waals surface area (Å²) in [6, 6.07) is 18.8. The van der Waals surface area contributed by atoms with E-state index in [9.17, 15) is 4.79 Å². The van der Waals surface area contributed by atoms with Gasteiger partial charge >= 0.3 is 0 Å². The average Bonchev–Trinajstić information content (AvgIpc) is 3.48. The summed E-state index contributed by atoms with van der Waals surface area (Å²) < 4.78 is 11.5. The Labute approximate surface area is 204 Å². The molecule has 2 aliphatic heterocycles. The van der Waals surface area contributed by atoms with Gasteiger partial charge in [0.25, 0.3) is 0 Å². The summed E-state index contributed by atoms with van der Waals surface area (Å²) in [6.07, 6.45) is 6.83. The fourth-order valence-electron chi connectivity index (χ4n) is 5.83. The Morgan fingerprint density at radius 2 is 1.68 bits per heavy atom. The highest BCUT2D eigenvalue weighted by atomic mass is 16.5. The molecule has 5 nitrogen and oxygen atoms in total. The van der Waals surface area contributed by atoms with Crippen LogP contribution in [0.3, 0.4) is 0 Å². The first-order valence-electron chi connectivity index (χ1n) is 12.6. The zero-order valence-electron chi connectivity index (χ0n) is 21.0. The van der Waals surface area contributed by atoms with Gasteiger partial charge in [0, 0.05) is 32.0 Å². The first-order valence-corrected chi connectivity index (χ1v) is 12.6. The van der Waals surface area contributed by atoms with E-state index < -0.39 is 0 Å². The van der Waals surface area contributed by atoms with Gasteiger partial charge in [0.1, 0.15) is 5.75 Å². The second-order valence-electron chi connectivity index (χ2n) is 9.42. The predicted octanol–water partition coefficient (Wildman–Crippen LogP) is 5.20. The van der Waals surface area contributed by atoms with Crippen LogP contribution in [-0.2, 0) is 22.5 Å². The fraction of sp³-hybridized carbons (Fsp3) is 0.483. The van der Waals surface area contributed by atoms with E-state index in [1.54, 1.807) is 7.11 Å². The molecule has 0 radical (unpaired) electrons. The molecule has 34 heavy (non-hydrogen) atoms. The molecule has 0 saturated carbocycles. The molecule has 0 aromatic heterocycles. The summed E-state index contributed by atoms with van der Waals surface area (Å²) in [7, 11) is 3.51. The van der Waals surface area contributed by atoms with Gasteiger partial charge in [-0.2, -0.15) is 0 Å². The van der Waals surface area contributed by atoms with Crippen LogP contribution in [0.5, 0.6) is 5.75 Å². The summed E-state index contributed by atoms with van der Waals surface area (Å²) >= 11 is 0. The molecule has 1 saturated heterocycles. The number of carbonyl (C=O) groups is 1. The first kappa shape index (κ1) is 24.3. The lowest BCUT2D eigenvalue weighted by Crippen LogP contribution is -2.52. The number of benzene rings is 2. The maximum Gasteiger partial charge on any atom is 0.249 e. The standard InChI is InChI=1S/C29H38N2O3/c1-5-29(6-2,34-4)27-13-10-18-30(27)26-20-28(32)31(21-23-14-16-24(33-3)17-15-23)25(26)19-22-11-8-7-9-12-22/h7-9,11-12,14-17,20,25,27H,5-6,10,13,18-19,21H2,1-4H3/t25-,27-/m0/s1. The van der Waals surface area contributed by atoms with E-state index in [1.807, 2.05) is 48.4 Å². The van der Waals surface area contributed by atoms with Gasteiger partial charge in [-0.1, -0.05) is 56.3 Å². The van der Waals surface area contributed by atoms with E-state index in [2.05, 4.69) is 43.0 Å². The van der Waals surface area contributed by atoms with Crippen molar-refractivity contribution < 1.29 is 14.3 Å². The molecule has 0 spiro atoms. The molecule has 2 atom stereocenters. The van der Waals surface area contributed by atoms with Gasteiger partial charge in [0.05, 0.1) is 24.8 Å². The van der Waals surface area contributed by atoms with Crippen LogP contribution in [0.25, 0.3) is 0 Å². The number of nitrogens with zero attached hydrogens (tertiary/aromatic N) is 2. The Balaban J connectivity index is 1.66. The molecule has 2 aliphatic rings. The third-order valence-electron chi connectivity index (χ3n) is 7.85. The molecule has 2 aromatic rings. The van der Waals surface area contributed by atoms with Gasteiger partial charge < -0.3 is 19.3 Å². The summed E-state index contributed by atoms with van der Waals surface area (Å²) in [6.45, 7) is 5.98. The van der Waals surface area contributed by atoms with Crippen LogP contribution < -0.4 is 4.74 Å². The molecule has 1 fully saturated rings. The smallest absolute Gasteiger partial charge is 0.249 e. The topological polar surface area (TPSA) is 42.0 Å². The zero-order chi connectivity index (χ0) is 24.1. The predicted molar refractivity (Wildman–Crippen MR) is 136 cm³/mol. The van der Waals surface area contributed by atoms with Gasteiger partial charge in [-0.15, -0.1) is 0 Å². The number of amides is 1. The van der Waals surface area contributed by atoms with Crippen LogP contribution in [0.4, 0.5) is 0 Å². The Morgan fingerprint density at radius 3 is 2.29 bits per heavy atom. The average molecular weight is 463 g/mol. The van der Waals surface area contributed by atoms with Crippen molar-refractivity contribution in [1.29, 1.82) is 0 Å². The van der Waals surface area contributed by atoms with Crippen molar-refractivity contribution in [2.24, 2.45) is 0 Å². The number of carbonyl (C=O) groups excluding carboxylic acids is 1. The second kappa shape index (κ2) is 10.6. The monoisotopic (exact) mass is 462 g/mol. The van der Waals surface area contributed by atoms with Gasteiger partial charge in [-0.25, -0.2) is 0 Å². The number of likely N-dealkylation sites (tertiary alicyclic amines) is 1. The third kappa shape index (κ3) is 4.72. The molecule has 5 heteroatoms. The molecule has 0 unspecified atom stereocenters. The van der Waals surface area contributed by atoms with Crippen molar-refractivity contribution in [2.45, 2.75) is 70.2 Å². The lowest BCUT2D eigenvalue weighted by atomic mass is 9.86. The van der Waals surface area contributed by atoms with Crippen LogP contribution in [0.2, 0.25) is 0 Å². The Morgan fingerprint density at radius 1 is 0.971 bits per heavy atom. The number of ether oxygens (including phenoxy) is 2. The molecule has 1 amide bonds. The number of methoxy groups -OCH3 is 2. The fourth-order valence-corrected chi connectivity index (χ4v) is 5.83. The van der Waals surface area contributed by atoms with Gasteiger partial charge in [-0.3, -0.25) is 4.79 Å². The Hall–Kier alpha value is -2.79. The minimum atomic E-state index is -0.193. The quantitative estimate of drug-likeness (QED) is 0.487. The summed E-state index contributed by atoms with van der Waals surface area (Å²) in [5.74, 6) is 0.916. The summed E-state index contributed by atoms with van der Waals surface area (Å²) in [5, 5.41) is 0. The molecule has 2 aromatic carbocycles. The van der Waals surface area contributed by atoms with Crippen LogP contribution in [0.15, 0.2) is 66.4 Å². The van der Waals surface area contributed by atoms with E-state index in [0.29, 0.717) is 6.54 Å². The molecular weight excluding hydrogens is 424 g/mol. The van der Waals surface area contributed by atoms with Gasteiger partial charge in [0.2, 0.25) is 5.91 Å². The maximum absolute atomic E-state index is 13.4. The molecule has 182 valence electrons. The van der Waals surface area contributed by atoms with Crippen molar-refractivity contribution in [3.63, 3.8) is 0 Å². The summed E-state index contributed by atoms with van der Waals surface area (Å²) in [5.41, 5.74) is 3.30. The minimum absolute atomic E-state index is 0.000806. The van der Waals surface area contributed by atoms with Gasteiger partial charge in [-0.05, 0) is 55.4 Å². The van der Waals surface area contributed by atoms with Crippen molar-refractivity contribution in [1.82, 2.24) is 9.80 Å². The second-order valence-corrected chi connectivity index (χ2v) is 9.42. The third-order valence-corrected chi connectivity index (χ3v) is 7.85. The van der Waals surface area contributed by atoms with Crippen LogP contribution in [0.1, 0.15) is 50.7 Å². The molecule has 2 heterocycles. The Kier molecular flexibility index (Phi) is 7.62. The molecule has 4 rings (SSSR count). The molecule has 0 bridgehead atoms. The highest BCUT2D eigenvalue weighted by Crippen LogP contribution is 2.40. The van der Waals surface area contributed by atoms with Gasteiger partial charge in [0.15, 0.2) is 0 Å². The SMILES string of the molecule is CCC(CC)(OC)[C@@H]1CCCN1C1=CC(=O)N(Cc2ccc(OC)cc2)[C@H]1Cc1ccccc1. The molecule has 0 aliphatic carbocycles. The van der Waals surface area contributed by atoms with E-state index in [4.69, 9.17) is 9.47 Å². The number of hydrogen-bond donors (Lipinski definition) is 0. The van der Waals surface area contributed by atoms with Crippen molar-refractivity contribution in [3.8, 4) is 5.75 Å². The largest absolute Gasteiger partial charge is 0.497 e. The van der Waals surface area contributed by atoms with Crippen LogP contribution in [0, 0.1) is 0 Å². The normalized spacial score (nSPS) is 20.7. The van der Waals surface area contributed by atoms with E-state index in [-0.39, 0.29) is 23.6 Å². The zero-order valence-corrected chi connectivity index (χ0v) is 21.0. The highest BCUT2D eigenvalue weighted by Gasteiger charge is 2.46.